The summed E-state index contributed by atoms with van der Waals surface area (Å²) in [6.07, 6.45) is 8.02. The van der Waals surface area contributed by atoms with Crippen molar-refractivity contribution >= 4 is 27.7 Å². The summed E-state index contributed by atoms with van der Waals surface area (Å²) in [7, 11) is 0. The molecule has 8 aromatic rings. The number of hydrogen-bond acceptors (Lipinski definition) is 1. The van der Waals surface area contributed by atoms with Gasteiger partial charge in [0.05, 0.1) is 5.41 Å². The summed E-state index contributed by atoms with van der Waals surface area (Å²) in [5.41, 5.74) is 15.7. The molecule has 0 heterocycles. The highest BCUT2D eigenvalue weighted by Gasteiger charge is 2.48. The molecule has 55 heavy (non-hydrogen) atoms. The van der Waals surface area contributed by atoms with E-state index in [1.807, 2.05) is 0 Å². The molecule has 0 aromatic heterocycles. The predicted molar refractivity (Wildman–Crippen MR) is 231 cm³/mol. The first-order valence-electron chi connectivity index (χ1n) is 19.1. The Morgan fingerprint density at radius 3 is 1.58 bits per heavy atom. The monoisotopic (exact) mass is 701 g/mol. The number of rotatable bonds is 7. The number of fused-ring (bicyclic) bond motifs is 4. The molecule has 10 rings (SSSR count). The van der Waals surface area contributed by atoms with Crippen LogP contribution in [0.15, 0.2) is 236 Å². The summed E-state index contributed by atoms with van der Waals surface area (Å²) < 4.78 is 0. The third-order valence-electron chi connectivity index (χ3n) is 11.4. The van der Waals surface area contributed by atoms with Gasteiger partial charge in [-0.3, -0.25) is 0 Å². The van der Waals surface area contributed by atoms with Crippen molar-refractivity contribution in [2.24, 2.45) is 0 Å². The Labute approximate surface area is 323 Å². The minimum atomic E-state index is -0.446. The molecular weight excluding hydrogens is 663 g/mol. The van der Waals surface area contributed by atoms with Crippen molar-refractivity contribution in [1.82, 2.24) is 0 Å². The van der Waals surface area contributed by atoms with Crippen molar-refractivity contribution in [2.75, 3.05) is 4.90 Å². The molecule has 0 spiro atoms. The average molecular weight is 702 g/mol. The maximum atomic E-state index is 2.47. The molecule has 260 valence electrons. The van der Waals surface area contributed by atoms with Crippen LogP contribution >= 0.6 is 0 Å². The van der Waals surface area contributed by atoms with Gasteiger partial charge >= 0.3 is 0 Å². The van der Waals surface area contributed by atoms with E-state index in [-0.39, 0.29) is 0 Å². The molecular formula is C54H39N. The molecule has 2 aliphatic rings. The Bertz CT molecular complexity index is 2700. The van der Waals surface area contributed by atoms with E-state index < -0.39 is 5.41 Å². The van der Waals surface area contributed by atoms with E-state index in [9.17, 15) is 0 Å². The van der Waals surface area contributed by atoms with Crippen LogP contribution < -0.4 is 4.90 Å². The standard InChI is InChI=1S/C54H39N/c1-5-15-39(16-6-1)41-27-30-47(31-28-41)55(49-32-29-43-37-42(25-26-44(43)38-49)40-17-7-2-8-18-40)48-33-35-51-50-23-13-14-24-52(50)54(53(51)36-34-48,45-19-9-3-10-20-45)46-21-11-4-12-22-46/h1-32,34-38H,33H2. The van der Waals surface area contributed by atoms with Crippen molar-refractivity contribution < 1.29 is 0 Å². The van der Waals surface area contributed by atoms with Crippen LogP contribution in [0.4, 0.5) is 11.4 Å². The molecule has 0 aliphatic heterocycles. The van der Waals surface area contributed by atoms with Gasteiger partial charge in [0, 0.05) is 23.5 Å². The molecule has 0 amide bonds. The quantitative estimate of drug-likeness (QED) is 0.160. The Morgan fingerprint density at radius 2 is 0.909 bits per heavy atom. The molecule has 0 saturated heterocycles. The second-order valence-corrected chi connectivity index (χ2v) is 14.4. The number of allylic oxidation sites excluding steroid dienone is 5. The first-order valence-corrected chi connectivity index (χ1v) is 19.1. The summed E-state index contributed by atoms with van der Waals surface area (Å²) >= 11 is 0. The Morgan fingerprint density at radius 1 is 0.400 bits per heavy atom. The summed E-state index contributed by atoms with van der Waals surface area (Å²) in [6, 6.07) is 75.1. The van der Waals surface area contributed by atoms with E-state index in [2.05, 4.69) is 229 Å². The molecule has 2 aliphatic carbocycles. The van der Waals surface area contributed by atoms with Crippen molar-refractivity contribution in [2.45, 2.75) is 11.8 Å². The summed E-state index contributed by atoms with van der Waals surface area (Å²) in [6.45, 7) is 0. The van der Waals surface area contributed by atoms with Gasteiger partial charge in [0.25, 0.3) is 0 Å². The molecule has 0 radical (unpaired) electrons. The second kappa shape index (κ2) is 13.8. The van der Waals surface area contributed by atoms with Crippen molar-refractivity contribution in [1.29, 1.82) is 0 Å². The molecule has 1 nitrogen and oxygen atoms in total. The lowest BCUT2D eigenvalue weighted by atomic mass is 9.67. The normalized spacial score (nSPS) is 14.2. The maximum absolute atomic E-state index is 2.47. The van der Waals surface area contributed by atoms with E-state index in [0.717, 1.165) is 17.8 Å². The molecule has 0 N–H and O–H groups in total. The minimum absolute atomic E-state index is 0.446. The molecule has 0 bridgehead atoms. The topological polar surface area (TPSA) is 3.24 Å². The fourth-order valence-electron chi connectivity index (χ4n) is 8.85. The molecule has 0 atom stereocenters. The van der Waals surface area contributed by atoms with Gasteiger partial charge in [-0.2, -0.15) is 0 Å². The third kappa shape index (κ3) is 5.64. The minimum Gasteiger partial charge on any atom is -0.314 e. The lowest BCUT2D eigenvalue weighted by Crippen LogP contribution is -2.28. The lowest BCUT2D eigenvalue weighted by Gasteiger charge is -2.34. The van der Waals surface area contributed by atoms with Gasteiger partial charge in [0.2, 0.25) is 0 Å². The van der Waals surface area contributed by atoms with Gasteiger partial charge in [-0.25, -0.2) is 0 Å². The zero-order chi connectivity index (χ0) is 36.6. The van der Waals surface area contributed by atoms with Crippen molar-refractivity contribution in [3.8, 4) is 22.3 Å². The number of hydrogen-bond donors (Lipinski definition) is 0. The lowest BCUT2D eigenvalue weighted by molar-refractivity contribution is 0.769. The van der Waals surface area contributed by atoms with Crippen LogP contribution in [-0.2, 0) is 5.41 Å². The van der Waals surface area contributed by atoms with Crippen LogP contribution in [0.3, 0.4) is 0 Å². The number of benzene rings is 8. The summed E-state index contributed by atoms with van der Waals surface area (Å²) in [5.74, 6) is 0. The van der Waals surface area contributed by atoms with Crippen LogP contribution in [0.5, 0.6) is 0 Å². The Balaban J connectivity index is 1.14. The van der Waals surface area contributed by atoms with Gasteiger partial charge in [-0.1, -0.05) is 188 Å². The Hall–Kier alpha value is -6.96. The zero-order valence-corrected chi connectivity index (χ0v) is 30.5. The largest absolute Gasteiger partial charge is 0.314 e. The van der Waals surface area contributed by atoms with Crippen LogP contribution in [-0.4, -0.2) is 0 Å². The predicted octanol–water partition coefficient (Wildman–Crippen LogP) is 14.0. The highest BCUT2D eigenvalue weighted by Crippen LogP contribution is 2.58. The first kappa shape index (κ1) is 32.7. The van der Waals surface area contributed by atoms with Crippen molar-refractivity contribution in [3.05, 3.63) is 258 Å². The van der Waals surface area contributed by atoms with E-state index in [0.29, 0.717) is 0 Å². The van der Waals surface area contributed by atoms with Crippen LogP contribution in [0.1, 0.15) is 28.7 Å². The third-order valence-corrected chi connectivity index (χ3v) is 11.4. The average Bonchev–Trinajstić information content (AvgIpc) is 3.37. The highest BCUT2D eigenvalue weighted by molar-refractivity contribution is 5.96. The van der Waals surface area contributed by atoms with Crippen LogP contribution in [0.25, 0.3) is 38.6 Å². The molecule has 8 aromatic carbocycles. The molecule has 1 heteroatoms. The van der Waals surface area contributed by atoms with Crippen LogP contribution in [0.2, 0.25) is 0 Å². The smallest absolute Gasteiger partial charge is 0.0713 e. The van der Waals surface area contributed by atoms with E-state index in [1.165, 1.54) is 72.1 Å². The van der Waals surface area contributed by atoms with E-state index in [4.69, 9.17) is 0 Å². The Kier molecular flexibility index (Phi) is 8.19. The van der Waals surface area contributed by atoms with Gasteiger partial charge in [0.1, 0.15) is 0 Å². The highest BCUT2D eigenvalue weighted by atomic mass is 15.1. The van der Waals surface area contributed by atoms with Gasteiger partial charge in [-0.05, 0) is 103 Å². The molecule has 0 fully saturated rings. The maximum Gasteiger partial charge on any atom is 0.0713 e. The molecule has 0 saturated carbocycles. The number of anilines is 2. The first-order chi connectivity index (χ1) is 27.3. The van der Waals surface area contributed by atoms with E-state index >= 15 is 0 Å². The SMILES string of the molecule is C1=C2C(=CC=C(N(c3ccc(-c4ccccc4)cc3)c3ccc4cc(-c5ccccc5)ccc4c3)C1)C(c1ccccc1)(c1ccccc1)c1ccccc12. The fraction of sp³-hybridized carbons (Fsp3) is 0.0370. The van der Waals surface area contributed by atoms with Crippen LogP contribution in [0, 0.1) is 0 Å². The van der Waals surface area contributed by atoms with Gasteiger partial charge in [-0.15, -0.1) is 0 Å². The second-order valence-electron chi connectivity index (χ2n) is 14.4. The number of nitrogens with zero attached hydrogens (tertiary/aromatic N) is 1. The molecule has 0 unspecified atom stereocenters. The van der Waals surface area contributed by atoms with Gasteiger partial charge in [0.15, 0.2) is 0 Å². The summed E-state index contributed by atoms with van der Waals surface area (Å²) in [4.78, 5) is 2.45. The fourth-order valence-corrected chi connectivity index (χ4v) is 8.85. The van der Waals surface area contributed by atoms with Crippen molar-refractivity contribution in [3.63, 3.8) is 0 Å². The van der Waals surface area contributed by atoms with E-state index in [1.54, 1.807) is 0 Å². The van der Waals surface area contributed by atoms with Gasteiger partial charge < -0.3 is 4.90 Å². The zero-order valence-electron chi connectivity index (χ0n) is 30.5. The summed E-state index contributed by atoms with van der Waals surface area (Å²) in [5, 5.41) is 2.44.